The van der Waals surface area contributed by atoms with Gasteiger partial charge in [0.15, 0.2) is 0 Å². The fraction of sp³-hybridized carbons (Fsp3) is 0.261. The van der Waals surface area contributed by atoms with Gasteiger partial charge >= 0.3 is 0 Å². The van der Waals surface area contributed by atoms with Gasteiger partial charge in [-0.15, -0.1) is 0 Å². The number of carbonyl (C=O) groups is 1. The first kappa shape index (κ1) is 22.0. The van der Waals surface area contributed by atoms with E-state index in [9.17, 15) is 4.79 Å². The van der Waals surface area contributed by atoms with Crippen LogP contribution in [0.2, 0.25) is 0 Å². The molecule has 1 aliphatic rings. The number of benzene rings is 1. The van der Waals surface area contributed by atoms with Crippen LogP contribution in [0.1, 0.15) is 24.2 Å². The first-order valence-corrected chi connectivity index (χ1v) is 9.86. The highest BCUT2D eigenvalue weighted by atomic mass is 16.5. The van der Waals surface area contributed by atoms with Gasteiger partial charge in [-0.1, -0.05) is 12.2 Å². The minimum Gasteiger partial charge on any atom is -0.488 e. The smallest absolute Gasteiger partial charge is 0.257 e. The van der Waals surface area contributed by atoms with E-state index in [-0.39, 0.29) is 12.0 Å². The molecule has 1 aromatic heterocycles. The molecular weight excluding hydrogens is 396 g/mol. The zero-order valence-electron chi connectivity index (χ0n) is 17.8. The maximum Gasteiger partial charge on any atom is 0.257 e. The molecule has 1 amide bonds. The summed E-state index contributed by atoms with van der Waals surface area (Å²) in [6.07, 6.45) is 6.98. The molecule has 8 nitrogen and oxygen atoms in total. The number of amides is 1. The van der Waals surface area contributed by atoms with Gasteiger partial charge in [0.05, 0.1) is 19.3 Å². The van der Waals surface area contributed by atoms with Gasteiger partial charge < -0.3 is 25.3 Å². The lowest BCUT2D eigenvalue weighted by atomic mass is 10.1. The average Bonchev–Trinajstić information content (AvgIpc) is 2.76. The van der Waals surface area contributed by atoms with Crippen molar-refractivity contribution in [1.82, 2.24) is 10.3 Å². The summed E-state index contributed by atoms with van der Waals surface area (Å²) in [4.78, 5) is 21.3. The molecule has 3 rings (SSSR count). The molecule has 1 atom stereocenters. The molecule has 0 saturated heterocycles. The van der Waals surface area contributed by atoms with Crippen molar-refractivity contribution in [2.45, 2.75) is 20.0 Å². The molecule has 8 heteroatoms. The highest BCUT2D eigenvalue weighted by Crippen LogP contribution is 2.28. The van der Waals surface area contributed by atoms with Gasteiger partial charge in [0, 0.05) is 18.7 Å². The summed E-state index contributed by atoms with van der Waals surface area (Å²) < 4.78 is 16.9. The number of nitrogens with zero attached hydrogens (tertiary/aromatic N) is 2. The number of allylic oxidation sites excluding steroid dienone is 1. The minimum absolute atomic E-state index is 0.209. The topological polar surface area (TPSA) is 108 Å². The largest absolute Gasteiger partial charge is 0.488 e. The Labute approximate surface area is 181 Å². The maximum atomic E-state index is 12.9. The van der Waals surface area contributed by atoms with E-state index in [1.807, 2.05) is 26.0 Å². The number of rotatable bonds is 7. The van der Waals surface area contributed by atoms with Crippen LogP contribution in [0, 0.1) is 0 Å². The maximum absolute atomic E-state index is 12.9. The second-order valence-corrected chi connectivity index (χ2v) is 6.95. The van der Waals surface area contributed by atoms with Crippen LogP contribution in [0.5, 0.6) is 17.2 Å². The van der Waals surface area contributed by atoms with Crippen LogP contribution in [0.25, 0.3) is 0 Å². The summed E-state index contributed by atoms with van der Waals surface area (Å²) in [5.74, 6) is 1.96. The number of amidine groups is 1. The molecule has 2 heterocycles. The molecule has 0 unspecified atom stereocenters. The molecule has 31 heavy (non-hydrogen) atoms. The Morgan fingerprint density at radius 1 is 1.23 bits per heavy atom. The first-order valence-electron chi connectivity index (χ1n) is 9.86. The number of ether oxygens (including phenoxy) is 3. The third-order valence-electron chi connectivity index (χ3n) is 4.38. The van der Waals surface area contributed by atoms with E-state index in [4.69, 9.17) is 19.9 Å². The molecule has 0 spiro atoms. The minimum atomic E-state index is -0.322. The number of dihydropyridines is 1. The fourth-order valence-corrected chi connectivity index (χ4v) is 2.84. The Kier molecular flexibility index (Phi) is 7.40. The number of aromatic nitrogens is 1. The lowest BCUT2D eigenvalue weighted by Gasteiger charge is -2.16. The van der Waals surface area contributed by atoms with Gasteiger partial charge in [-0.2, -0.15) is 0 Å². The summed E-state index contributed by atoms with van der Waals surface area (Å²) in [6.45, 7) is 4.76. The highest BCUT2D eigenvalue weighted by molar-refractivity contribution is 6.11. The van der Waals surface area contributed by atoms with Gasteiger partial charge in [-0.25, -0.2) is 4.98 Å². The number of aliphatic imine (C=N–C) groups is 1. The first-order chi connectivity index (χ1) is 15.0. The number of methoxy groups -OCH3 is 1. The molecule has 0 fully saturated rings. The van der Waals surface area contributed by atoms with Crippen molar-refractivity contribution in [3.63, 3.8) is 0 Å². The van der Waals surface area contributed by atoms with Gasteiger partial charge in [0.2, 0.25) is 0 Å². The van der Waals surface area contributed by atoms with E-state index in [1.165, 1.54) is 6.20 Å². The van der Waals surface area contributed by atoms with Crippen molar-refractivity contribution in [3.05, 3.63) is 65.9 Å². The Bertz CT molecular complexity index is 1010. The average molecular weight is 422 g/mol. The molecular formula is C23H26N4O4. The lowest BCUT2D eigenvalue weighted by Crippen LogP contribution is -2.30. The van der Waals surface area contributed by atoms with Crippen LogP contribution in [-0.2, 0) is 4.74 Å². The third-order valence-corrected chi connectivity index (χ3v) is 4.38. The lowest BCUT2D eigenvalue weighted by molar-refractivity contribution is 0.0913. The van der Waals surface area contributed by atoms with Crippen molar-refractivity contribution in [1.29, 1.82) is 0 Å². The molecule has 162 valence electrons. The summed E-state index contributed by atoms with van der Waals surface area (Å²) in [5, 5.41) is 2.82. The Morgan fingerprint density at radius 2 is 2.03 bits per heavy atom. The van der Waals surface area contributed by atoms with Crippen molar-refractivity contribution in [2.24, 2.45) is 4.99 Å². The molecule has 1 aromatic carbocycles. The van der Waals surface area contributed by atoms with Gasteiger partial charge in [0.1, 0.15) is 35.0 Å². The molecule has 0 aliphatic carbocycles. The number of nitrogens with two attached hydrogens (primary N) is 1. The van der Waals surface area contributed by atoms with Crippen LogP contribution < -0.4 is 20.5 Å². The Hall–Kier alpha value is -3.65. The Balaban J connectivity index is 1.83. The molecule has 3 N–H and O–H groups in total. The predicted octanol–water partition coefficient (Wildman–Crippen LogP) is 3.51. The summed E-state index contributed by atoms with van der Waals surface area (Å²) >= 11 is 0. The summed E-state index contributed by atoms with van der Waals surface area (Å²) in [5.41, 5.74) is 7.09. The van der Waals surface area contributed by atoms with Crippen LogP contribution in [0.15, 0.2) is 65.3 Å². The van der Waals surface area contributed by atoms with E-state index >= 15 is 0 Å². The van der Waals surface area contributed by atoms with Gasteiger partial charge in [-0.05, 0) is 49.8 Å². The normalized spacial score (nSPS) is 15.3. The quantitative estimate of drug-likeness (QED) is 0.707. The molecule has 0 saturated carbocycles. The zero-order chi connectivity index (χ0) is 22.2. The van der Waals surface area contributed by atoms with Crippen LogP contribution in [0.3, 0.4) is 0 Å². The van der Waals surface area contributed by atoms with Gasteiger partial charge in [0.25, 0.3) is 5.91 Å². The number of carbonyl (C=O) groups excluding carboxylic acids is 1. The third kappa shape index (κ3) is 6.42. The van der Waals surface area contributed by atoms with Crippen molar-refractivity contribution in [2.75, 3.05) is 26.0 Å². The van der Waals surface area contributed by atoms with Crippen molar-refractivity contribution in [3.8, 4) is 17.2 Å². The number of nitrogen functional groups attached to an aromatic ring is 1. The molecule has 0 bridgehead atoms. The number of hydrogen-bond acceptors (Lipinski definition) is 7. The van der Waals surface area contributed by atoms with Crippen LogP contribution in [-0.4, -0.2) is 43.1 Å². The predicted molar refractivity (Wildman–Crippen MR) is 120 cm³/mol. The molecule has 1 aliphatic heterocycles. The number of pyridine rings is 1. The summed E-state index contributed by atoms with van der Waals surface area (Å²) in [7, 11) is 1.60. The van der Waals surface area contributed by atoms with E-state index in [0.29, 0.717) is 47.6 Å². The van der Waals surface area contributed by atoms with E-state index in [2.05, 4.69) is 15.3 Å². The SMILES string of the molecule is C/C=C1\C=CC(NC(=O)c2cc(Oc3ccc(N)nc3)cc(O[C@@H](C)COC)c2)=NC1. The van der Waals surface area contributed by atoms with E-state index < -0.39 is 0 Å². The summed E-state index contributed by atoms with van der Waals surface area (Å²) in [6, 6.07) is 8.32. The monoisotopic (exact) mass is 422 g/mol. The zero-order valence-corrected chi connectivity index (χ0v) is 17.8. The number of anilines is 1. The number of hydrogen-bond donors (Lipinski definition) is 2. The number of nitrogens with one attached hydrogen (secondary N) is 1. The molecule has 2 aromatic rings. The van der Waals surface area contributed by atoms with Gasteiger partial charge in [-0.3, -0.25) is 9.79 Å². The fourth-order valence-electron chi connectivity index (χ4n) is 2.84. The highest BCUT2D eigenvalue weighted by Gasteiger charge is 2.15. The van der Waals surface area contributed by atoms with Crippen LogP contribution >= 0.6 is 0 Å². The second-order valence-electron chi connectivity index (χ2n) is 6.95. The van der Waals surface area contributed by atoms with Crippen molar-refractivity contribution >= 4 is 17.6 Å². The molecule has 0 radical (unpaired) electrons. The van der Waals surface area contributed by atoms with Crippen molar-refractivity contribution < 1.29 is 19.0 Å². The van der Waals surface area contributed by atoms with Crippen LogP contribution in [0.4, 0.5) is 5.82 Å². The van der Waals surface area contributed by atoms with E-state index in [0.717, 1.165) is 5.57 Å². The Morgan fingerprint density at radius 3 is 2.68 bits per heavy atom. The van der Waals surface area contributed by atoms with E-state index in [1.54, 1.807) is 43.5 Å². The standard InChI is InChI=1S/C23H26N4O4/c1-4-16-5-8-22(26-12-16)27-23(28)17-9-19(30-15(2)14-29-3)11-20(10-17)31-18-6-7-21(24)25-13-18/h4-11,13,15H,12,14H2,1-3H3,(H2,24,25)(H,26,27,28)/b16-4+/t15-/m0/s1. The second kappa shape index (κ2) is 10.4.